The molecule has 0 aliphatic carbocycles. The lowest BCUT2D eigenvalue weighted by Gasteiger charge is -2.14. The molecule has 1 rings (SSSR count). The number of rotatable bonds is 8. The van der Waals surface area contributed by atoms with E-state index in [9.17, 15) is 9.59 Å². The number of anilines is 1. The summed E-state index contributed by atoms with van der Waals surface area (Å²) in [5.41, 5.74) is 0.418. The average molecular weight is 293 g/mol. The van der Waals surface area contributed by atoms with Crippen LogP contribution in [0.1, 0.15) is 56.4 Å². The Hall–Kier alpha value is -2.11. The molecule has 0 spiro atoms. The number of carbonyl (C=O) groups is 2. The number of aromatic carboxylic acids is 1. The highest BCUT2D eigenvalue weighted by molar-refractivity contribution is 5.90. The van der Waals surface area contributed by atoms with Crippen molar-refractivity contribution in [2.75, 3.05) is 5.32 Å². The van der Waals surface area contributed by atoms with Crippen molar-refractivity contribution < 1.29 is 14.7 Å². The first kappa shape index (κ1) is 16.9. The largest absolute Gasteiger partial charge is 0.477 e. The van der Waals surface area contributed by atoms with Crippen LogP contribution in [0, 0.1) is 0 Å². The second-order valence-electron chi connectivity index (χ2n) is 5.09. The van der Waals surface area contributed by atoms with Crippen LogP contribution in [0.4, 0.5) is 10.5 Å². The molecule has 116 valence electrons. The first-order chi connectivity index (χ1) is 10.0. The fraction of sp³-hybridized carbons (Fsp3) is 0.533. The molecule has 3 N–H and O–H groups in total. The first-order valence-electron chi connectivity index (χ1n) is 7.29. The van der Waals surface area contributed by atoms with Gasteiger partial charge in [-0.25, -0.2) is 14.6 Å². The quantitative estimate of drug-likeness (QED) is 0.641. The standard InChI is InChI=1S/C15H23N3O3/c1-3-4-5-6-7-11(2)17-15(21)18-12-8-9-13(14(19)20)16-10-12/h8-11H,3-7H2,1-2H3,(H,19,20)(H2,17,18,21). The zero-order chi connectivity index (χ0) is 15.7. The molecule has 0 radical (unpaired) electrons. The van der Waals surface area contributed by atoms with Crippen molar-refractivity contribution in [1.82, 2.24) is 10.3 Å². The molecule has 1 atom stereocenters. The number of carbonyl (C=O) groups excluding carboxylic acids is 1. The maximum Gasteiger partial charge on any atom is 0.354 e. The number of hydrogen-bond acceptors (Lipinski definition) is 3. The van der Waals surface area contributed by atoms with Gasteiger partial charge in [-0.15, -0.1) is 0 Å². The zero-order valence-corrected chi connectivity index (χ0v) is 12.6. The number of urea groups is 1. The van der Waals surface area contributed by atoms with Gasteiger partial charge in [-0.2, -0.15) is 0 Å². The van der Waals surface area contributed by atoms with Gasteiger partial charge in [-0.1, -0.05) is 32.6 Å². The number of hydrogen-bond donors (Lipinski definition) is 3. The number of carboxylic acid groups (broad SMARTS) is 1. The summed E-state index contributed by atoms with van der Waals surface area (Å²) < 4.78 is 0. The van der Waals surface area contributed by atoms with Crippen molar-refractivity contribution in [2.24, 2.45) is 0 Å². The van der Waals surface area contributed by atoms with Crippen LogP contribution in [0.2, 0.25) is 0 Å². The van der Waals surface area contributed by atoms with Crippen molar-refractivity contribution in [3.63, 3.8) is 0 Å². The van der Waals surface area contributed by atoms with Gasteiger partial charge in [0, 0.05) is 6.04 Å². The first-order valence-corrected chi connectivity index (χ1v) is 7.29. The molecule has 0 saturated heterocycles. The summed E-state index contributed by atoms with van der Waals surface area (Å²) in [6, 6.07) is 2.67. The van der Waals surface area contributed by atoms with Gasteiger partial charge in [0.25, 0.3) is 0 Å². The molecule has 0 aliphatic heterocycles. The monoisotopic (exact) mass is 293 g/mol. The Morgan fingerprint density at radius 1 is 1.29 bits per heavy atom. The molecular weight excluding hydrogens is 270 g/mol. The van der Waals surface area contributed by atoms with Crippen LogP contribution in [0.25, 0.3) is 0 Å². The smallest absolute Gasteiger partial charge is 0.354 e. The van der Waals surface area contributed by atoms with E-state index in [-0.39, 0.29) is 17.8 Å². The number of unbranched alkanes of at least 4 members (excludes halogenated alkanes) is 3. The molecule has 1 heterocycles. The maximum absolute atomic E-state index is 11.8. The summed E-state index contributed by atoms with van der Waals surface area (Å²) in [5, 5.41) is 14.2. The lowest BCUT2D eigenvalue weighted by molar-refractivity contribution is 0.0690. The van der Waals surface area contributed by atoms with Gasteiger partial charge >= 0.3 is 12.0 Å². The minimum Gasteiger partial charge on any atom is -0.477 e. The van der Waals surface area contributed by atoms with E-state index >= 15 is 0 Å². The lowest BCUT2D eigenvalue weighted by atomic mass is 10.1. The van der Waals surface area contributed by atoms with Gasteiger partial charge in [-0.05, 0) is 25.5 Å². The van der Waals surface area contributed by atoms with Crippen LogP contribution in [0.15, 0.2) is 18.3 Å². The summed E-state index contributed by atoms with van der Waals surface area (Å²) in [7, 11) is 0. The van der Waals surface area contributed by atoms with E-state index in [1.165, 1.54) is 37.6 Å². The minimum absolute atomic E-state index is 0.0507. The maximum atomic E-state index is 11.8. The predicted octanol–water partition coefficient (Wildman–Crippen LogP) is 3.26. The van der Waals surface area contributed by atoms with Gasteiger partial charge in [0.05, 0.1) is 11.9 Å². The molecular formula is C15H23N3O3. The van der Waals surface area contributed by atoms with Gasteiger partial charge in [0.15, 0.2) is 0 Å². The van der Waals surface area contributed by atoms with Crippen molar-refractivity contribution in [3.05, 3.63) is 24.0 Å². The SMILES string of the molecule is CCCCCCC(C)NC(=O)Nc1ccc(C(=O)O)nc1. The summed E-state index contributed by atoms with van der Waals surface area (Å²) in [4.78, 5) is 26.2. The molecule has 6 nitrogen and oxygen atoms in total. The summed E-state index contributed by atoms with van der Waals surface area (Å²) in [6.07, 6.45) is 6.98. The second-order valence-corrected chi connectivity index (χ2v) is 5.09. The molecule has 0 fully saturated rings. The van der Waals surface area contributed by atoms with Crippen LogP contribution < -0.4 is 10.6 Å². The van der Waals surface area contributed by atoms with E-state index in [2.05, 4.69) is 22.5 Å². The predicted molar refractivity (Wildman–Crippen MR) is 81.6 cm³/mol. The van der Waals surface area contributed by atoms with E-state index in [0.717, 1.165) is 12.8 Å². The van der Waals surface area contributed by atoms with E-state index in [0.29, 0.717) is 5.69 Å². The van der Waals surface area contributed by atoms with Gasteiger partial charge in [0.1, 0.15) is 5.69 Å². The molecule has 21 heavy (non-hydrogen) atoms. The van der Waals surface area contributed by atoms with Gasteiger partial charge in [-0.3, -0.25) is 0 Å². The topological polar surface area (TPSA) is 91.3 Å². The van der Waals surface area contributed by atoms with E-state index in [4.69, 9.17) is 5.11 Å². The summed E-state index contributed by atoms with van der Waals surface area (Å²) in [5.74, 6) is -1.09. The Morgan fingerprint density at radius 2 is 2.05 bits per heavy atom. The Morgan fingerprint density at radius 3 is 2.62 bits per heavy atom. The average Bonchev–Trinajstić information content (AvgIpc) is 2.44. The van der Waals surface area contributed by atoms with Crippen LogP contribution in [0.5, 0.6) is 0 Å². The van der Waals surface area contributed by atoms with Crippen molar-refractivity contribution in [1.29, 1.82) is 0 Å². The van der Waals surface area contributed by atoms with Gasteiger partial charge < -0.3 is 15.7 Å². The van der Waals surface area contributed by atoms with Crippen molar-refractivity contribution in [2.45, 2.75) is 52.0 Å². The van der Waals surface area contributed by atoms with Crippen LogP contribution in [0.3, 0.4) is 0 Å². The molecule has 0 saturated carbocycles. The number of aromatic nitrogens is 1. The van der Waals surface area contributed by atoms with E-state index in [1.807, 2.05) is 6.92 Å². The number of nitrogens with one attached hydrogen (secondary N) is 2. The van der Waals surface area contributed by atoms with Gasteiger partial charge in [0.2, 0.25) is 0 Å². The fourth-order valence-electron chi connectivity index (χ4n) is 1.93. The third-order valence-electron chi connectivity index (χ3n) is 3.11. The Labute approximate surface area is 125 Å². The van der Waals surface area contributed by atoms with Crippen LogP contribution >= 0.6 is 0 Å². The Balaban J connectivity index is 2.34. The molecule has 0 bridgehead atoms. The van der Waals surface area contributed by atoms with Crippen molar-refractivity contribution in [3.8, 4) is 0 Å². The fourth-order valence-corrected chi connectivity index (χ4v) is 1.93. The lowest BCUT2D eigenvalue weighted by Crippen LogP contribution is -2.36. The molecule has 6 heteroatoms. The highest BCUT2D eigenvalue weighted by Gasteiger charge is 2.08. The third kappa shape index (κ3) is 6.74. The normalized spacial score (nSPS) is 11.7. The number of pyridine rings is 1. The van der Waals surface area contributed by atoms with Crippen LogP contribution in [-0.2, 0) is 0 Å². The number of amides is 2. The van der Waals surface area contributed by atoms with Crippen LogP contribution in [-0.4, -0.2) is 28.1 Å². The minimum atomic E-state index is -1.09. The molecule has 1 aromatic rings. The second kappa shape index (κ2) is 8.94. The Bertz CT molecular complexity index is 460. The Kier molecular flexibility index (Phi) is 7.21. The zero-order valence-electron chi connectivity index (χ0n) is 12.6. The number of nitrogens with zero attached hydrogens (tertiary/aromatic N) is 1. The molecule has 1 aromatic heterocycles. The summed E-state index contributed by atoms with van der Waals surface area (Å²) >= 11 is 0. The number of carboxylic acids is 1. The van der Waals surface area contributed by atoms with E-state index < -0.39 is 5.97 Å². The molecule has 0 aromatic carbocycles. The third-order valence-corrected chi connectivity index (χ3v) is 3.11. The summed E-state index contributed by atoms with van der Waals surface area (Å²) in [6.45, 7) is 4.14. The molecule has 0 aliphatic rings. The van der Waals surface area contributed by atoms with E-state index in [1.54, 1.807) is 0 Å². The molecule has 1 unspecified atom stereocenters. The van der Waals surface area contributed by atoms with Crippen molar-refractivity contribution >= 4 is 17.7 Å². The molecule has 2 amide bonds. The highest BCUT2D eigenvalue weighted by Crippen LogP contribution is 2.08. The highest BCUT2D eigenvalue weighted by atomic mass is 16.4.